The van der Waals surface area contributed by atoms with Crippen molar-refractivity contribution < 1.29 is 129 Å². The van der Waals surface area contributed by atoms with Gasteiger partial charge in [-0.3, -0.25) is 0 Å². The van der Waals surface area contributed by atoms with Gasteiger partial charge in [0.15, 0.2) is 81.3 Å². The van der Waals surface area contributed by atoms with Crippen LogP contribution in [0.1, 0.15) is 22.8 Å². The second kappa shape index (κ2) is 21.8. The zero-order valence-electron chi connectivity index (χ0n) is 41.7. The summed E-state index contributed by atoms with van der Waals surface area (Å²) in [4.78, 5) is 12.6. The van der Waals surface area contributed by atoms with Gasteiger partial charge in [0.1, 0.15) is 36.6 Å². The van der Waals surface area contributed by atoms with Crippen LogP contribution < -0.4 is 9.47 Å². The van der Waals surface area contributed by atoms with Crippen LogP contribution in [0.5, 0.6) is 11.5 Å². The van der Waals surface area contributed by atoms with Crippen molar-refractivity contribution in [3.05, 3.63) is 152 Å². The number of fused-ring (bicyclic) bond motifs is 8. The summed E-state index contributed by atoms with van der Waals surface area (Å²) in [5.74, 6) is -50.7. The minimum absolute atomic E-state index is 0.587. The van der Waals surface area contributed by atoms with Gasteiger partial charge in [0.25, 0.3) is 0 Å². The SMILES string of the molecule is O[C@@H]1[C@@H](O)[C@H](Oc2c(F)c(F)c(-c3c4nc(c(-c5c(F)c(F)c(F)c(F)c5F)c5ccc([nH]5)c(-c5c(F)c(F)c(O[C@@H]6OC[C@@H](O)[C@H](O)[C@H]6O)c(F)c5F)c5nc(c(-c6c(F)c(F)c(F)c(F)c6F)c6ccc3[nH]6)C=C5)C=C4)c(F)c2F)OC[C@H]1O. The van der Waals surface area contributed by atoms with Crippen molar-refractivity contribution in [1.82, 2.24) is 19.9 Å². The molecule has 450 valence electrons. The zero-order valence-corrected chi connectivity index (χ0v) is 41.7. The average molecular weight is 1230 g/mol. The van der Waals surface area contributed by atoms with Crippen LogP contribution in [0.4, 0.5) is 79.0 Å². The second-order valence-corrected chi connectivity index (χ2v) is 19.0. The number of hydrogen-bond donors (Lipinski definition) is 8. The van der Waals surface area contributed by atoms with Gasteiger partial charge in [0.05, 0.1) is 58.2 Å². The molecule has 7 heterocycles. The maximum Gasteiger partial charge on any atom is 0.229 e. The number of halogens is 18. The first-order valence-electron chi connectivity index (χ1n) is 24.2. The van der Waals surface area contributed by atoms with Gasteiger partial charge in [0, 0.05) is 44.3 Å². The van der Waals surface area contributed by atoms with Crippen LogP contribution in [0, 0.1) is 105 Å². The van der Waals surface area contributed by atoms with E-state index >= 15 is 70.2 Å². The average Bonchev–Trinajstić information content (AvgIpc) is 1.56. The molecule has 4 aliphatic rings. The summed E-state index contributed by atoms with van der Waals surface area (Å²) in [5, 5.41) is 60.6. The van der Waals surface area contributed by atoms with E-state index in [0.717, 1.165) is 0 Å². The summed E-state index contributed by atoms with van der Waals surface area (Å²) < 4.78 is 308. The van der Waals surface area contributed by atoms with E-state index in [1.54, 1.807) is 0 Å². The van der Waals surface area contributed by atoms with E-state index in [2.05, 4.69) is 19.9 Å². The molecule has 7 aromatic rings. The number of rotatable bonds is 8. The van der Waals surface area contributed by atoms with Gasteiger partial charge in [-0.25, -0.2) is 71.4 Å². The number of H-pyrrole nitrogens is 2. The van der Waals surface area contributed by atoms with Gasteiger partial charge < -0.3 is 59.6 Å². The predicted molar refractivity (Wildman–Crippen MR) is 257 cm³/mol. The third-order valence-electron chi connectivity index (χ3n) is 14.0. The highest BCUT2D eigenvalue weighted by Gasteiger charge is 2.44. The number of benzene rings is 4. The number of nitrogens with zero attached hydrogens (tertiary/aromatic N) is 2. The molecule has 0 amide bonds. The van der Waals surface area contributed by atoms with E-state index in [1.165, 1.54) is 0 Å². The molecule has 14 nitrogen and oxygen atoms in total. The zero-order chi connectivity index (χ0) is 62.1. The highest BCUT2D eigenvalue weighted by atomic mass is 19.2. The monoisotopic (exact) mass is 1230 g/mol. The summed E-state index contributed by atoms with van der Waals surface area (Å²) in [6.45, 7) is -1.78. The topological polar surface area (TPSA) is 216 Å². The van der Waals surface area contributed by atoms with Crippen molar-refractivity contribution >= 4 is 46.4 Å². The summed E-state index contributed by atoms with van der Waals surface area (Å²) >= 11 is 0. The Labute approximate surface area is 464 Å². The lowest BCUT2D eigenvalue weighted by molar-refractivity contribution is -0.243. The Kier molecular flexibility index (Phi) is 15.0. The highest BCUT2D eigenvalue weighted by molar-refractivity contribution is 6.00. The van der Waals surface area contributed by atoms with Gasteiger partial charge in [-0.1, -0.05) is 0 Å². The van der Waals surface area contributed by atoms with E-state index < -0.39 is 268 Å². The van der Waals surface area contributed by atoms with E-state index in [0.29, 0.717) is 48.6 Å². The quantitative estimate of drug-likeness (QED) is 0.0406. The molecule has 4 aromatic carbocycles. The van der Waals surface area contributed by atoms with Crippen LogP contribution in [0.15, 0.2) is 24.3 Å². The second-order valence-electron chi connectivity index (χ2n) is 19.0. The Morgan fingerprint density at radius 1 is 0.314 bits per heavy atom. The Bertz CT molecular complexity index is 3930. The number of aliphatic hydroxyl groups excluding tert-OH is 6. The van der Waals surface area contributed by atoms with Gasteiger partial charge in [0.2, 0.25) is 47.5 Å². The van der Waals surface area contributed by atoms with Gasteiger partial charge in [-0.05, 0) is 48.6 Å². The third-order valence-corrected chi connectivity index (χ3v) is 14.0. The van der Waals surface area contributed by atoms with Crippen LogP contribution in [-0.4, -0.2) is 113 Å². The van der Waals surface area contributed by atoms with Crippen molar-refractivity contribution in [2.75, 3.05) is 13.2 Å². The van der Waals surface area contributed by atoms with Crippen LogP contribution in [0.25, 0.3) is 90.9 Å². The Morgan fingerprint density at radius 2 is 0.535 bits per heavy atom. The summed E-state index contributed by atoms with van der Waals surface area (Å²) in [6.07, 6.45) is -15.0. The molecule has 0 aliphatic carbocycles. The highest BCUT2D eigenvalue weighted by Crippen LogP contribution is 2.46. The molecule has 11 rings (SSSR count). The number of hydrogen-bond acceptors (Lipinski definition) is 12. The van der Waals surface area contributed by atoms with Crippen molar-refractivity contribution in [3.8, 4) is 56.0 Å². The Hall–Kier alpha value is -8.50. The maximum atomic E-state index is 16.9. The number of aromatic amines is 2. The number of nitrogens with one attached hydrogen (secondary N) is 2. The fourth-order valence-electron chi connectivity index (χ4n) is 9.77. The van der Waals surface area contributed by atoms with Crippen LogP contribution in [-0.2, 0) is 9.47 Å². The molecule has 8 bridgehead atoms. The number of ether oxygens (including phenoxy) is 4. The number of aromatic nitrogens is 4. The molecule has 0 unspecified atom stereocenters. The first-order valence-corrected chi connectivity index (χ1v) is 24.2. The normalized spacial score (nSPS) is 21.2. The van der Waals surface area contributed by atoms with Crippen LogP contribution in [0.2, 0.25) is 0 Å². The molecule has 3 aromatic heterocycles. The summed E-state index contributed by atoms with van der Waals surface area (Å²) in [6, 6.07) is 2.47. The molecule has 0 spiro atoms. The minimum Gasteiger partial charge on any atom is -0.456 e. The molecule has 8 N–H and O–H groups in total. The van der Waals surface area contributed by atoms with Crippen molar-refractivity contribution in [2.45, 2.75) is 49.2 Å². The van der Waals surface area contributed by atoms with E-state index in [4.69, 9.17) is 18.9 Å². The lowest BCUT2D eigenvalue weighted by Gasteiger charge is -2.35. The molecule has 4 aliphatic heterocycles. The first-order chi connectivity index (χ1) is 40.7. The maximum absolute atomic E-state index is 16.9. The van der Waals surface area contributed by atoms with Crippen LogP contribution >= 0.6 is 0 Å². The molecule has 0 radical (unpaired) electrons. The fourth-order valence-corrected chi connectivity index (χ4v) is 9.77. The summed E-state index contributed by atoms with van der Waals surface area (Å²) in [5.41, 5.74) is -21.1. The molecule has 2 fully saturated rings. The predicted octanol–water partition coefficient (Wildman–Crippen LogP) is 9.46. The first kappa shape index (κ1) is 59.2. The van der Waals surface area contributed by atoms with E-state index in [1.807, 2.05) is 0 Å². The van der Waals surface area contributed by atoms with Crippen molar-refractivity contribution in [1.29, 1.82) is 0 Å². The Balaban J connectivity index is 1.29. The van der Waals surface area contributed by atoms with Crippen molar-refractivity contribution in [2.24, 2.45) is 0 Å². The summed E-state index contributed by atoms with van der Waals surface area (Å²) in [7, 11) is 0. The lowest BCUT2D eigenvalue weighted by atomic mass is 10.0. The lowest BCUT2D eigenvalue weighted by Crippen LogP contribution is -2.55. The van der Waals surface area contributed by atoms with E-state index in [9.17, 15) is 39.4 Å². The van der Waals surface area contributed by atoms with Crippen molar-refractivity contribution in [3.63, 3.8) is 0 Å². The van der Waals surface area contributed by atoms with Gasteiger partial charge in [-0.2, -0.15) is 17.6 Å². The van der Waals surface area contributed by atoms with Crippen LogP contribution in [0.3, 0.4) is 0 Å². The molecule has 8 atom stereocenters. The van der Waals surface area contributed by atoms with Gasteiger partial charge in [-0.15, -0.1) is 0 Å². The Morgan fingerprint density at radius 3 is 0.779 bits per heavy atom. The minimum atomic E-state index is -2.75. The molecule has 32 heteroatoms. The molecule has 2 saturated heterocycles. The smallest absolute Gasteiger partial charge is 0.229 e. The molecule has 86 heavy (non-hydrogen) atoms. The largest absolute Gasteiger partial charge is 0.456 e. The fraction of sp³-hybridized carbons (Fsp3) is 0.185. The van der Waals surface area contributed by atoms with Gasteiger partial charge >= 0.3 is 0 Å². The standard InChI is InChI=1S/C54H28F18N4O10/c55-29-25(30(56)38(64)41(67)37(29)63)21-11-1-5-15(73-11)23(27-33(59)43(69)51(44(70)34(27)60)85-53-49(81)47(79)19(77)9-83-53)16-7-3-13(75-16)22(26-31(57)39(65)42(68)40(66)32(26)58)14-4-8-18(76-14)24(17-6-2-12(21)74-17)28-35(61)45(71)52(46(72)36(28)62)86-54-50(82)48(80)20(78)10-84-54/h1-8,19-20,47-50,53-54,73,76-82H,9-10H2/t19-,20-,47+,48+,49-,50-,53+,54+/m1/s1. The molecular formula is C54H28F18N4O10. The number of aliphatic hydroxyl groups is 6. The molecule has 0 saturated carbocycles. The van der Waals surface area contributed by atoms with E-state index in [-0.39, 0.29) is 0 Å². The molecular weight excluding hydrogens is 1210 g/mol. The third kappa shape index (κ3) is 9.19.